The molecule has 1 fully saturated rings. The van der Waals surface area contributed by atoms with Crippen LogP contribution in [0.25, 0.3) is 10.9 Å². The molecule has 0 unspecified atom stereocenters. The van der Waals surface area contributed by atoms with E-state index in [0.717, 1.165) is 73.7 Å². The van der Waals surface area contributed by atoms with Crippen LogP contribution in [0.15, 0.2) is 48.5 Å². The van der Waals surface area contributed by atoms with Gasteiger partial charge in [-0.15, -0.1) is 0 Å². The van der Waals surface area contributed by atoms with E-state index in [-0.39, 0.29) is 0 Å². The molecule has 3 aromatic rings. The van der Waals surface area contributed by atoms with Crippen LogP contribution in [0.3, 0.4) is 0 Å². The van der Waals surface area contributed by atoms with Crippen molar-refractivity contribution in [3.63, 3.8) is 0 Å². The van der Waals surface area contributed by atoms with Crippen molar-refractivity contribution < 1.29 is 4.74 Å². The zero-order valence-electron chi connectivity index (χ0n) is 20.9. The van der Waals surface area contributed by atoms with Gasteiger partial charge in [0.25, 0.3) is 0 Å². The van der Waals surface area contributed by atoms with Crippen molar-refractivity contribution in [1.82, 2.24) is 15.3 Å². The lowest BCUT2D eigenvalue weighted by Crippen LogP contribution is -2.37. The predicted octanol–water partition coefficient (Wildman–Crippen LogP) is 5.78. The Kier molecular flexibility index (Phi) is 8.58. The topological polar surface area (TPSA) is 62.3 Å². The van der Waals surface area contributed by atoms with Gasteiger partial charge in [-0.05, 0) is 61.9 Å². The number of aromatic nitrogens is 2. The monoisotopic (exact) mass is 461 g/mol. The number of unbranched alkanes of at least 4 members (excludes halogenated alkanes) is 2. The maximum Gasteiger partial charge on any atom is 0.225 e. The first-order valence-electron chi connectivity index (χ1n) is 12.8. The minimum atomic E-state index is 0.415. The third kappa shape index (κ3) is 6.60. The number of hydrogen-bond acceptors (Lipinski definition) is 6. The highest BCUT2D eigenvalue weighted by Crippen LogP contribution is 2.26. The molecule has 4 rings (SSSR count). The molecule has 0 bridgehead atoms. The Morgan fingerprint density at radius 2 is 1.65 bits per heavy atom. The van der Waals surface area contributed by atoms with Crippen molar-refractivity contribution in [2.45, 2.75) is 70.5 Å². The molecule has 1 heterocycles. The molecule has 0 radical (unpaired) electrons. The van der Waals surface area contributed by atoms with Crippen molar-refractivity contribution in [3.8, 4) is 5.75 Å². The van der Waals surface area contributed by atoms with Gasteiger partial charge in [0.05, 0.1) is 12.1 Å². The summed E-state index contributed by atoms with van der Waals surface area (Å²) >= 11 is 0. The number of hydrogen-bond donors (Lipinski definition) is 2. The highest BCUT2D eigenvalue weighted by molar-refractivity contribution is 5.90. The van der Waals surface area contributed by atoms with Crippen molar-refractivity contribution in [2.75, 3.05) is 30.9 Å². The number of benzene rings is 2. The smallest absolute Gasteiger partial charge is 0.225 e. The van der Waals surface area contributed by atoms with E-state index in [9.17, 15) is 0 Å². The molecule has 1 aliphatic rings. The lowest BCUT2D eigenvalue weighted by atomic mass is 9.91. The van der Waals surface area contributed by atoms with E-state index in [4.69, 9.17) is 14.7 Å². The average molecular weight is 462 g/mol. The minimum absolute atomic E-state index is 0.415. The predicted molar refractivity (Wildman–Crippen MR) is 142 cm³/mol. The van der Waals surface area contributed by atoms with Gasteiger partial charge in [-0.1, -0.05) is 44.0 Å². The zero-order chi connectivity index (χ0) is 23.8. The van der Waals surface area contributed by atoms with Crippen LogP contribution in [0, 0.1) is 0 Å². The summed E-state index contributed by atoms with van der Waals surface area (Å²) in [5.41, 5.74) is 2.29. The van der Waals surface area contributed by atoms with Gasteiger partial charge in [0.15, 0.2) is 0 Å². The van der Waals surface area contributed by atoms with E-state index < -0.39 is 0 Å². The van der Waals surface area contributed by atoms with E-state index in [1.54, 1.807) is 0 Å². The minimum Gasteiger partial charge on any atom is -0.494 e. The fraction of sp³-hybridized carbons (Fsp3) is 0.500. The van der Waals surface area contributed by atoms with Crippen molar-refractivity contribution >= 4 is 22.7 Å². The SMILES string of the molecule is CCCCCOc1ccc(CNC2CCC(Nc3nc(N(C)C)c4ccccc4n3)CC2)cc1. The Morgan fingerprint density at radius 1 is 0.912 bits per heavy atom. The first kappa shape index (κ1) is 24.3. The number of fused-ring (bicyclic) bond motifs is 1. The van der Waals surface area contributed by atoms with Gasteiger partial charge < -0.3 is 20.3 Å². The van der Waals surface area contributed by atoms with Gasteiger partial charge in [-0.25, -0.2) is 4.98 Å². The highest BCUT2D eigenvalue weighted by Gasteiger charge is 2.22. The number of nitrogens with one attached hydrogen (secondary N) is 2. The summed E-state index contributed by atoms with van der Waals surface area (Å²) in [6, 6.07) is 17.7. The first-order chi connectivity index (χ1) is 16.6. The molecule has 0 amide bonds. The van der Waals surface area contributed by atoms with Crippen LogP contribution in [0.1, 0.15) is 57.4 Å². The van der Waals surface area contributed by atoms with Gasteiger partial charge in [0, 0.05) is 38.1 Å². The molecule has 34 heavy (non-hydrogen) atoms. The largest absolute Gasteiger partial charge is 0.494 e. The van der Waals surface area contributed by atoms with Gasteiger partial charge in [0.2, 0.25) is 5.95 Å². The molecule has 2 aromatic carbocycles. The second kappa shape index (κ2) is 12.0. The molecule has 0 spiro atoms. The van der Waals surface area contributed by atoms with Crippen LogP contribution in [-0.4, -0.2) is 42.8 Å². The molecule has 0 aliphatic heterocycles. The summed E-state index contributed by atoms with van der Waals surface area (Å²) in [7, 11) is 4.06. The molecule has 1 saturated carbocycles. The Labute approximate surface area is 204 Å². The summed E-state index contributed by atoms with van der Waals surface area (Å²) in [4.78, 5) is 11.6. The fourth-order valence-electron chi connectivity index (χ4n) is 4.60. The second-order valence-electron chi connectivity index (χ2n) is 9.56. The molecular weight excluding hydrogens is 422 g/mol. The molecule has 1 aliphatic carbocycles. The number of para-hydroxylation sites is 1. The first-order valence-corrected chi connectivity index (χ1v) is 12.8. The zero-order valence-corrected chi connectivity index (χ0v) is 20.9. The molecule has 2 N–H and O–H groups in total. The Hall–Kier alpha value is -2.86. The highest BCUT2D eigenvalue weighted by atomic mass is 16.5. The van der Waals surface area contributed by atoms with Crippen molar-refractivity contribution in [2.24, 2.45) is 0 Å². The quantitative estimate of drug-likeness (QED) is 0.353. The van der Waals surface area contributed by atoms with Crippen LogP contribution in [0.2, 0.25) is 0 Å². The van der Waals surface area contributed by atoms with Gasteiger partial charge in [-0.2, -0.15) is 4.98 Å². The standard InChI is InChI=1S/C28H39N5O/c1-4-5-8-19-34-24-17-11-21(12-18-24)20-29-22-13-15-23(16-14-22)30-28-31-26-10-7-6-9-25(26)27(32-28)33(2)3/h6-7,9-12,17-18,22-23,29H,4-5,8,13-16,19-20H2,1-3H3,(H,30,31,32). The van der Waals surface area contributed by atoms with Crippen LogP contribution in [-0.2, 0) is 6.54 Å². The lowest BCUT2D eigenvalue weighted by molar-refractivity contribution is 0.306. The molecule has 1 aromatic heterocycles. The molecule has 6 nitrogen and oxygen atoms in total. The van der Waals surface area contributed by atoms with E-state index in [1.807, 2.05) is 26.2 Å². The van der Waals surface area contributed by atoms with Crippen LogP contribution in [0.4, 0.5) is 11.8 Å². The molecule has 0 atom stereocenters. The van der Waals surface area contributed by atoms with Gasteiger partial charge in [-0.3, -0.25) is 0 Å². The summed E-state index contributed by atoms with van der Waals surface area (Å²) in [6.45, 7) is 3.92. The summed E-state index contributed by atoms with van der Waals surface area (Å²) < 4.78 is 5.82. The molecular formula is C28H39N5O. The average Bonchev–Trinajstić information content (AvgIpc) is 2.86. The number of nitrogens with zero attached hydrogens (tertiary/aromatic N) is 3. The number of rotatable bonds is 11. The number of ether oxygens (including phenoxy) is 1. The lowest BCUT2D eigenvalue weighted by Gasteiger charge is -2.30. The maximum absolute atomic E-state index is 5.82. The van der Waals surface area contributed by atoms with E-state index in [2.05, 4.69) is 58.9 Å². The molecule has 0 saturated heterocycles. The summed E-state index contributed by atoms with van der Waals surface area (Å²) in [5, 5.41) is 8.43. The molecule has 6 heteroatoms. The van der Waals surface area contributed by atoms with Crippen LogP contribution < -0.4 is 20.3 Å². The Bertz CT molecular complexity index is 1030. The van der Waals surface area contributed by atoms with Crippen LogP contribution in [0.5, 0.6) is 5.75 Å². The fourth-order valence-corrected chi connectivity index (χ4v) is 4.60. The summed E-state index contributed by atoms with van der Waals surface area (Å²) in [5.74, 6) is 2.66. The normalized spacial score (nSPS) is 18.1. The van der Waals surface area contributed by atoms with Gasteiger partial charge in [0.1, 0.15) is 11.6 Å². The van der Waals surface area contributed by atoms with E-state index in [1.165, 1.54) is 18.4 Å². The van der Waals surface area contributed by atoms with Crippen LogP contribution >= 0.6 is 0 Å². The Balaban J connectivity index is 1.23. The van der Waals surface area contributed by atoms with E-state index in [0.29, 0.717) is 12.1 Å². The second-order valence-corrected chi connectivity index (χ2v) is 9.56. The molecule has 182 valence electrons. The maximum atomic E-state index is 5.82. The Morgan fingerprint density at radius 3 is 2.38 bits per heavy atom. The van der Waals surface area contributed by atoms with Gasteiger partial charge >= 0.3 is 0 Å². The third-order valence-corrected chi connectivity index (χ3v) is 6.60. The summed E-state index contributed by atoms with van der Waals surface area (Å²) in [6.07, 6.45) is 8.13. The van der Waals surface area contributed by atoms with Crippen molar-refractivity contribution in [1.29, 1.82) is 0 Å². The van der Waals surface area contributed by atoms with Crippen molar-refractivity contribution in [3.05, 3.63) is 54.1 Å². The third-order valence-electron chi connectivity index (χ3n) is 6.60. The van der Waals surface area contributed by atoms with E-state index >= 15 is 0 Å². The number of anilines is 2.